The van der Waals surface area contributed by atoms with Crippen LogP contribution in [0.3, 0.4) is 0 Å². The van der Waals surface area contributed by atoms with E-state index in [9.17, 15) is 13.2 Å². The van der Waals surface area contributed by atoms with Crippen LogP contribution < -0.4 is 10.0 Å². The lowest BCUT2D eigenvalue weighted by Gasteiger charge is -2.55. The van der Waals surface area contributed by atoms with Crippen LogP contribution in [-0.4, -0.2) is 31.1 Å². The van der Waals surface area contributed by atoms with Gasteiger partial charge in [-0.15, -0.1) is 10.2 Å². The Hall–Kier alpha value is -1.84. The van der Waals surface area contributed by atoms with Gasteiger partial charge in [0, 0.05) is 17.5 Å². The zero-order valence-corrected chi connectivity index (χ0v) is 19.6. The molecule has 0 spiro atoms. The number of hydrogen-bond acceptors (Lipinski definition) is 6. The van der Waals surface area contributed by atoms with Crippen LogP contribution in [0.5, 0.6) is 0 Å². The number of rotatable bonds is 7. The number of anilines is 1. The molecule has 1 aromatic heterocycles. The standard InChI is InChI=1S/C23H28N4O3S2/c28-20(18-2-1-3-19(9-18)32(29,30)24-13-14-4-5-14)25-22-27-26-21(31-22)23-10-15-6-16(11-23)8-17(7-15)12-23/h1-3,9,14-17,24H,4-8,10-13H2,(H,25,27,28). The molecule has 4 bridgehead atoms. The first-order valence-electron chi connectivity index (χ1n) is 11.6. The molecule has 5 aliphatic carbocycles. The minimum absolute atomic E-state index is 0.109. The van der Waals surface area contributed by atoms with Gasteiger partial charge in [-0.2, -0.15) is 0 Å². The number of aromatic nitrogens is 2. The molecule has 1 heterocycles. The van der Waals surface area contributed by atoms with Gasteiger partial charge in [0.05, 0.1) is 4.90 Å². The van der Waals surface area contributed by atoms with E-state index in [4.69, 9.17) is 0 Å². The number of benzene rings is 1. The molecule has 0 unspecified atom stereocenters. The molecular formula is C23H28N4O3S2. The van der Waals surface area contributed by atoms with E-state index >= 15 is 0 Å². The fourth-order valence-electron chi connectivity index (χ4n) is 6.47. The van der Waals surface area contributed by atoms with Crippen LogP contribution in [0.15, 0.2) is 29.2 Å². The molecular weight excluding hydrogens is 444 g/mol. The molecule has 7 nitrogen and oxygen atoms in total. The van der Waals surface area contributed by atoms with Crippen LogP contribution in [0.2, 0.25) is 0 Å². The topological polar surface area (TPSA) is 101 Å². The van der Waals surface area contributed by atoms with Crippen LogP contribution in [0.1, 0.15) is 66.7 Å². The summed E-state index contributed by atoms with van der Waals surface area (Å²) in [7, 11) is -3.62. The summed E-state index contributed by atoms with van der Waals surface area (Å²) in [5.74, 6) is 2.54. The summed E-state index contributed by atoms with van der Waals surface area (Å²) in [6.45, 7) is 0.455. The molecule has 5 aliphatic rings. The molecule has 5 saturated carbocycles. The Morgan fingerprint density at radius 1 is 1.06 bits per heavy atom. The van der Waals surface area contributed by atoms with Crippen molar-refractivity contribution >= 4 is 32.4 Å². The second-order valence-electron chi connectivity index (χ2n) is 10.4. The van der Waals surface area contributed by atoms with Gasteiger partial charge >= 0.3 is 0 Å². The van der Waals surface area contributed by atoms with Crippen molar-refractivity contribution < 1.29 is 13.2 Å². The smallest absolute Gasteiger partial charge is 0.257 e. The van der Waals surface area contributed by atoms with Gasteiger partial charge in [0.1, 0.15) is 5.01 Å². The number of sulfonamides is 1. The van der Waals surface area contributed by atoms with Crippen molar-refractivity contribution in [3.05, 3.63) is 34.8 Å². The van der Waals surface area contributed by atoms with Crippen LogP contribution in [0.4, 0.5) is 5.13 Å². The zero-order valence-electron chi connectivity index (χ0n) is 17.9. The van der Waals surface area contributed by atoms with E-state index < -0.39 is 10.0 Å². The Morgan fingerprint density at radius 2 is 1.75 bits per heavy atom. The minimum Gasteiger partial charge on any atom is -0.296 e. The zero-order chi connectivity index (χ0) is 21.9. The van der Waals surface area contributed by atoms with Gasteiger partial charge in [-0.1, -0.05) is 17.4 Å². The second-order valence-corrected chi connectivity index (χ2v) is 13.1. The first kappa shape index (κ1) is 20.7. The number of carbonyl (C=O) groups excluding carboxylic acids is 1. The molecule has 0 radical (unpaired) electrons. The molecule has 0 aliphatic heterocycles. The molecule has 0 saturated heterocycles. The number of hydrogen-bond donors (Lipinski definition) is 2. The Kier molecular flexibility index (Phi) is 4.93. The summed E-state index contributed by atoms with van der Waals surface area (Å²) in [6, 6.07) is 6.16. The maximum Gasteiger partial charge on any atom is 0.257 e. The summed E-state index contributed by atoms with van der Waals surface area (Å²) in [6.07, 6.45) is 9.86. The lowest BCUT2D eigenvalue weighted by atomic mass is 9.50. The van der Waals surface area contributed by atoms with E-state index in [2.05, 4.69) is 20.2 Å². The summed E-state index contributed by atoms with van der Waals surface area (Å²) < 4.78 is 27.7. The summed E-state index contributed by atoms with van der Waals surface area (Å²) in [5, 5.41) is 13.2. The minimum atomic E-state index is -3.62. The monoisotopic (exact) mass is 472 g/mol. The van der Waals surface area contributed by atoms with Crippen LogP contribution in [0, 0.1) is 23.7 Å². The normalized spacial score (nSPS) is 31.1. The molecule has 170 valence electrons. The molecule has 7 rings (SSSR count). The SMILES string of the molecule is O=C(Nc1nnc(C23CC4CC(CC(C4)C2)C3)s1)c1cccc(S(=O)(=O)NCC2CC2)c1. The molecule has 0 atom stereocenters. The third-order valence-corrected chi connectivity index (χ3v) is 10.3. The highest BCUT2D eigenvalue weighted by Crippen LogP contribution is 2.61. The maximum absolute atomic E-state index is 12.8. The van der Waals surface area contributed by atoms with Crippen LogP contribution in [-0.2, 0) is 15.4 Å². The highest BCUT2D eigenvalue weighted by molar-refractivity contribution is 7.89. The van der Waals surface area contributed by atoms with E-state index in [0.29, 0.717) is 23.2 Å². The van der Waals surface area contributed by atoms with E-state index in [-0.39, 0.29) is 16.2 Å². The number of amides is 1. The fraction of sp³-hybridized carbons (Fsp3) is 0.609. The van der Waals surface area contributed by atoms with Gasteiger partial charge in [-0.25, -0.2) is 13.1 Å². The van der Waals surface area contributed by atoms with E-state index in [1.807, 2.05) is 0 Å². The van der Waals surface area contributed by atoms with Crippen molar-refractivity contribution in [2.75, 3.05) is 11.9 Å². The Balaban J connectivity index is 1.17. The van der Waals surface area contributed by atoms with Crippen molar-refractivity contribution in [2.24, 2.45) is 23.7 Å². The number of nitrogens with one attached hydrogen (secondary N) is 2. The largest absolute Gasteiger partial charge is 0.296 e. The lowest BCUT2D eigenvalue weighted by Crippen LogP contribution is -2.48. The summed E-state index contributed by atoms with van der Waals surface area (Å²) in [4.78, 5) is 12.9. The van der Waals surface area contributed by atoms with Gasteiger partial charge in [0.25, 0.3) is 5.91 Å². The molecule has 9 heteroatoms. The van der Waals surface area contributed by atoms with Gasteiger partial charge in [-0.3, -0.25) is 10.1 Å². The molecule has 1 amide bonds. The highest BCUT2D eigenvalue weighted by atomic mass is 32.2. The Bertz CT molecular complexity index is 1120. The predicted octanol–water partition coefficient (Wildman–Crippen LogP) is 3.95. The van der Waals surface area contributed by atoms with Crippen LogP contribution in [0.25, 0.3) is 0 Å². The first-order chi connectivity index (χ1) is 15.4. The van der Waals surface area contributed by atoms with Crippen molar-refractivity contribution in [3.63, 3.8) is 0 Å². The van der Waals surface area contributed by atoms with Gasteiger partial charge < -0.3 is 0 Å². The van der Waals surface area contributed by atoms with Crippen molar-refractivity contribution in [2.45, 2.75) is 61.7 Å². The van der Waals surface area contributed by atoms with Crippen molar-refractivity contribution in [3.8, 4) is 0 Å². The molecule has 32 heavy (non-hydrogen) atoms. The van der Waals surface area contributed by atoms with E-state index in [1.165, 1.54) is 62.0 Å². The number of carbonyl (C=O) groups is 1. The third kappa shape index (κ3) is 3.88. The number of nitrogens with zero attached hydrogens (tertiary/aromatic N) is 2. The van der Waals surface area contributed by atoms with Crippen molar-refractivity contribution in [1.82, 2.24) is 14.9 Å². The average molecular weight is 473 g/mol. The van der Waals surface area contributed by atoms with Gasteiger partial charge in [-0.05, 0) is 93.2 Å². The summed E-state index contributed by atoms with van der Waals surface area (Å²) in [5.41, 5.74) is 0.447. The quantitative estimate of drug-likeness (QED) is 0.635. The molecule has 2 aromatic rings. The Morgan fingerprint density at radius 3 is 2.41 bits per heavy atom. The third-order valence-electron chi connectivity index (χ3n) is 7.80. The predicted molar refractivity (Wildman–Crippen MR) is 122 cm³/mol. The second kappa shape index (κ2) is 7.60. The first-order valence-corrected chi connectivity index (χ1v) is 13.9. The fourth-order valence-corrected chi connectivity index (χ4v) is 8.59. The van der Waals surface area contributed by atoms with Crippen LogP contribution >= 0.6 is 11.3 Å². The van der Waals surface area contributed by atoms with Gasteiger partial charge in [0.15, 0.2) is 0 Å². The average Bonchev–Trinajstić information content (AvgIpc) is 3.47. The molecule has 2 N–H and O–H groups in total. The van der Waals surface area contributed by atoms with E-state index in [1.54, 1.807) is 12.1 Å². The molecule has 5 fully saturated rings. The summed E-state index contributed by atoms with van der Waals surface area (Å²) >= 11 is 1.49. The van der Waals surface area contributed by atoms with E-state index in [0.717, 1.165) is 35.6 Å². The molecule has 1 aromatic carbocycles. The van der Waals surface area contributed by atoms with Gasteiger partial charge in [0.2, 0.25) is 15.2 Å². The lowest BCUT2D eigenvalue weighted by molar-refractivity contribution is -0.00555. The Labute approximate surface area is 192 Å². The van der Waals surface area contributed by atoms with Crippen molar-refractivity contribution in [1.29, 1.82) is 0 Å². The maximum atomic E-state index is 12.8. The highest BCUT2D eigenvalue weighted by Gasteiger charge is 2.53.